The highest BCUT2D eigenvalue weighted by Crippen LogP contribution is 2.33. The smallest absolute Gasteiger partial charge is 0.221 e. The Morgan fingerprint density at radius 3 is 2.75 bits per heavy atom. The second-order valence-corrected chi connectivity index (χ2v) is 4.31. The first-order chi connectivity index (χ1) is 7.56. The number of carbonyl (C=O) groups excluding carboxylic acids is 1. The number of phenolic OH excluding ortho intramolecular Hbond substituents is 1. The van der Waals surface area contributed by atoms with Crippen LogP contribution in [0.25, 0.3) is 0 Å². The largest absolute Gasteiger partial charge is 0.506 e. The molecular formula is C11H15BrN2O2. The van der Waals surface area contributed by atoms with Crippen molar-refractivity contribution < 1.29 is 9.90 Å². The monoisotopic (exact) mass is 286 g/mol. The van der Waals surface area contributed by atoms with E-state index in [1.807, 2.05) is 7.05 Å². The zero-order valence-electron chi connectivity index (χ0n) is 9.30. The van der Waals surface area contributed by atoms with Crippen molar-refractivity contribution in [1.82, 2.24) is 5.32 Å². The summed E-state index contributed by atoms with van der Waals surface area (Å²) in [5, 5.41) is 15.4. The number of anilines is 1. The van der Waals surface area contributed by atoms with E-state index in [4.69, 9.17) is 0 Å². The van der Waals surface area contributed by atoms with E-state index in [2.05, 4.69) is 26.6 Å². The zero-order valence-corrected chi connectivity index (χ0v) is 10.9. The van der Waals surface area contributed by atoms with Crippen LogP contribution in [0.2, 0.25) is 0 Å². The van der Waals surface area contributed by atoms with E-state index in [0.29, 0.717) is 5.69 Å². The standard InChI is InChI=1S/C11H15BrN2O2/c1-7(15)14-11-8(5-6-13-2)9(12)3-4-10(11)16/h3-4,13,16H,5-6H2,1-2H3,(H,14,15). The summed E-state index contributed by atoms with van der Waals surface area (Å²) in [6, 6.07) is 3.32. The molecule has 0 unspecified atom stereocenters. The molecule has 0 aliphatic rings. The van der Waals surface area contributed by atoms with E-state index in [9.17, 15) is 9.90 Å². The molecule has 1 aromatic carbocycles. The van der Waals surface area contributed by atoms with E-state index in [1.165, 1.54) is 6.92 Å². The summed E-state index contributed by atoms with van der Waals surface area (Å²) >= 11 is 3.41. The van der Waals surface area contributed by atoms with Gasteiger partial charge in [0.25, 0.3) is 0 Å². The second kappa shape index (κ2) is 5.86. The van der Waals surface area contributed by atoms with E-state index in [1.54, 1.807) is 12.1 Å². The fourth-order valence-corrected chi connectivity index (χ4v) is 1.95. The highest BCUT2D eigenvalue weighted by Gasteiger charge is 2.12. The Balaban J connectivity index is 3.09. The van der Waals surface area contributed by atoms with E-state index in [0.717, 1.165) is 23.0 Å². The predicted octanol–water partition coefficient (Wildman–Crippen LogP) is 1.87. The summed E-state index contributed by atoms with van der Waals surface area (Å²) in [4.78, 5) is 11.0. The van der Waals surface area contributed by atoms with Crippen LogP contribution in [0.3, 0.4) is 0 Å². The van der Waals surface area contributed by atoms with Crippen molar-refractivity contribution in [3.8, 4) is 5.75 Å². The number of carbonyl (C=O) groups is 1. The lowest BCUT2D eigenvalue weighted by molar-refractivity contribution is -0.114. The Labute approximate surface area is 103 Å². The molecule has 0 bridgehead atoms. The Kier molecular flexibility index (Phi) is 4.76. The van der Waals surface area contributed by atoms with Crippen LogP contribution in [0.1, 0.15) is 12.5 Å². The van der Waals surface area contributed by atoms with Crippen LogP contribution in [0.5, 0.6) is 5.75 Å². The van der Waals surface area contributed by atoms with E-state index in [-0.39, 0.29) is 11.7 Å². The van der Waals surface area contributed by atoms with Crippen LogP contribution < -0.4 is 10.6 Å². The fourth-order valence-electron chi connectivity index (χ4n) is 1.42. The van der Waals surface area contributed by atoms with Crippen molar-refractivity contribution in [2.24, 2.45) is 0 Å². The first-order valence-corrected chi connectivity index (χ1v) is 5.78. The molecule has 16 heavy (non-hydrogen) atoms. The molecule has 0 saturated carbocycles. The molecule has 1 aromatic rings. The van der Waals surface area contributed by atoms with Crippen LogP contribution in [0.15, 0.2) is 16.6 Å². The number of amides is 1. The lowest BCUT2D eigenvalue weighted by Crippen LogP contribution is -2.14. The first kappa shape index (κ1) is 13.0. The Hall–Kier alpha value is -1.07. The highest BCUT2D eigenvalue weighted by molar-refractivity contribution is 9.10. The van der Waals surface area contributed by atoms with Gasteiger partial charge in [0.1, 0.15) is 5.75 Å². The maximum absolute atomic E-state index is 11.0. The van der Waals surface area contributed by atoms with E-state index < -0.39 is 0 Å². The second-order valence-electron chi connectivity index (χ2n) is 3.45. The molecule has 5 heteroatoms. The van der Waals surface area contributed by atoms with Crippen LogP contribution in [0.4, 0.5) is 5.69 Å². The minimum Gasteiger partial charge on any atom is -0.506 e. The molecule has 0 fully saturated rings. The molecule has 3 N–H and O–H groups in total. The van der Waals surface area contributed by atoms with Crippen molar-refractivity contribution in [3.05, 3.63) is 22.2 Å². The summed E-state index contributed by atoms with van der Waals surface area (Å²) in [6.45, 7) is 2.19. The van der Waals surface area contributed by atoms with Crippen LogP contribution in [0, 0.1) is 0 Å². The molecule has 0 aliphatic heterocycles. The van der Waals surface area contributed by atoms with Gasteiger partial charge in [-0.15, -0.1) is 0 Å². The summed E-state index contributed by atoms with van der Waals surface area (Å²) in [7, 11) is 1.86. The van der Waals surface area contributed by atoms with Gasteiger partial charge in [-0.3, -0.25) is 4.79 Å². The van der Waals surface area contributed by atoms with Gasteiger partial charge in [0.2, 0.25) is 5.91 Å². The number of hydrogen-bond donors (Lipinski definition) is 3. The molecular weight excluding hydrogens is 272 g/mol. The average Bonchev–Trinajstić information content (AvgIpc) is 2.22. The van der Waals surface area contributed by atoms with Gasteiger partial charge in [0.05, 0.1) is 5.69 Å². The van der Waals surface area contributed by atoms with Crippen molar-refractivity contribution in [3.63, 3.8) is 0 Å². The normalized spacial score (nSPS) is 10.2. The number of likely N-dealkylation sites (N-methyl/N-ethyl adjacent to an activating group) is 1. The van der Waals surface area contributed by atoms with Crippen molar-refractivity contribution in [1.29, 1.82) is 0 Å². The molecule has 0 heterocycles. The minimum atomic E-state index is -0.195. The molecule has 0 radical (unpaired) electrons. The maximum Gasteiger partial charge on any atom is 0.221 e. The van der Waals surface area contributed by atoms with Gasteiger partial charge >= 0.3 is 0 Å². The average molecular weight is 287 g/mol. The molecule has 1 rings (SSSR count). The molecule has 0 aliphatic carbocycles. The molecule has 0 saturated heterocycles. The van der Waals surface area contributed by atoms with Gasteiger partial charge < -0.3 is 15.7 Å². The Morgan fingerprint density at radius 2 is 2.19 bits per heavy atom. The quantitative estimate of drug-likeness (QED) is 0.741. The molecule has 4 nitrogen and oxygen atoms in total. The number of hydrogen-bond acceptors (Lipinski definition) is 3. The zero-order chi connectivity index (χ0) is 12.1. The van der Waals surface area contributed by atoms with Gasteiger partial charge in [-0.25, -0.2) is 0 Å². The van der Waals surface area contributed by atoms with Crippen molar-refractivity contribution in [2.45, 2.75) is 13.3 Å². The van der Waals surface area contributed by atoms with Crippen LogP contribution >= 0.6 is 15.9 Å². The molecule has 0 spiro atoms. The maximum atomic E-state index is 11.0. The number of halogens is 1. The third kappa shape index (κ3) is 3.21. The predicted molar refractivity (Wildman–Crippen MR) is 67.7 cm³/mol. The topological polar surface area (TPSA) is 61.4 Å². The number of aromatic hydroxyl groups is 1. The summed E-state index contributed by atoms with van der Waals surface area (Å²) in [5.74, 6) is -0.108. The van der Waals surface area contributed by atoms with E-state index >= 15 is 0 Å². The van der Waals surface area contributed by atoms with Crippen molar-refractivity contribution in [2.75, 3.05) is 18.9 Å². The summed E-state index contributed by atoms with van der Waals surface area (Å²) in [6.07, 6.45) is 0.723. The molecule has 0 atom stereocenters. The van der Waals surface area contributed by atoms with Crippen molar-refractivity contribution >= 4 is 27.5 Å². The van der Waals surface area contributed by atoms with Gasteiger partial charge in [-0.05, 0) is 37.7 Å². The van der Waals surface area contributed by atoms with Gasteiger partial charge in [0.15, 0.2) is 0 Å². The minimum absolute atomic E-state index is 0.0875. The summed E-state index contributed by atoms with van der Waals surface area (Å²) in [5.41, 5.74) is 1.38. The number of rotatable bonds is 4. The first-order valence-electron chi connectivity index (χ1n) is 4.98. The van der Waals surface area contributed by atoms with Crippen LogP contribution in [-0.4, -0.2) is 24.6 Å². The lowest BCUT2D eigenvalue weighted by Gasteiger charge is -2.13. The SMILES string of the molecule is CNCCc1c(Br)ccc(O)c1NC(C)=O. The fraction of sp³-hybridized carbons (Fsp3) is 0.364. The Morgan fingerprint density at radius 1 is 1.50 bits per heavy atom. The Bertz CT molecular complexity index is 394. The van der Waals surface area contributed by atoms with Gasteiger partial charge in [-0.2, -0.15) is 0 Å². The van der Waals surface area contributed by atoms with Gasteiger partial charge in [-0.1, -0.05) is 15.9 Å². The third-order valence-electron chi connectivity index (χ3n) is 2.16. The van der Waals surface area contributed by atoms with Gasteiger partial charge in [0, 0.05) is 11.4 Å². The molecule has 0 aromatic heterocycles. The number of phenols is 1. The summed E-state index contributed by atoms with van der Waals surface area (Å²) < 4.78 is 0.879. The molecule has 88 valence electrons. The third-order valence-corrected chi connectivity index (χ3v) is 2.90. The number of nitrogens with one attached hydrogen (secondary N) is 2. The molecule has 1 amide bonds. The lowest BCUT2D eigenvalue weighted by atomic mass is 10.1. The van der Waals surface area contributed by atoms with Crippen LogP contribution in [-0.2, 0) is 11.2 Å². The number of benzene rings is 1. The highest BCUT2D eigenvalue weighted by atomic mass is 79.9.